The van der Waals surface area contributed by atoms with Crippen molar-refractivity contribution in [3.8, 4) is 5.75 Å². The number of ether oxygens (including phenoxy) is 1. The second-order valence-corrected chi connectivity index (χ2v) is 18.3. The molecule has 0 aromatic heterocycles. The van der Waals surface area contributed by atoms with Crippen LogP contribution in [0.3, 0.4) is 0 Å². The predicted octanol–water partition coefficient (Wildman–Crippen LogP) is 5.97. The monoisotopic (exact) mass is 744 g/mol. The van der Waals surface area contributed by atoms with E-state index in [2.05, 4.69) is 39.6 Å². The molecule has 9 nitrogen and oxygen atoms in total. The Morgan fingerprint density at radius 2 is 1.86 bits per heavy atom. The first-order valence-corrected chi connectivity index (χ1v) is 21.0. The summed E-state index contributed by atoms with van der Waals surface area (Å²) in [7, 11) is -1.74. The zero-order chi connectivity index (χ0) is 35.6. The lowest BCUT2D eigenvalue weighted by Crippen LogP contribution is -2.56. The van der Waals surface area contributed by atoms with Gasteiger partial charge in [-0.15, -0.1) is 0 Å². The molecular formula is C38H53ClN4O5S2. The first-order valence-electron chi connectivity index (χ1n) is 18.2. The Hall–Kier alpha value is -2.28. The number of benzene rings is 2. The molecule has 2 N–H and O–H groups in total. The first-order chi connectivity index (χ1) is 23.9. The highest BCUT2D eigenvalue weighted by Gasteiger charge is 2.49. The zero-order valence-electron chi connectivity index (χ0n) is 29.8. The van der Waals surface area contributed by atoms with Crippen molar-refractivity contribution in [2.45, 2.75) is 69.3 Å². The Balaban J connectivity index is 1.37. The smallest absolute Gasteiger partial charge is 0.233 e. The molecule has 1 amide bonds. The van der Waals surface area contributed by atoms with Crippen LogP contribution in [0.15, 0.2) is 53.4 Å². The molecule has 2 aromatic rings. The molecule has 2 bridgehead atoms. The van der Waals surface area contributed by atoms with Gasteiger partial charge < -0.3 is 19.6 Å². The van der Waals surface area contributed by atoms with Crippen LogP contribution in [0.1, 0.15) is 63.5 Å². The van der Waals surface area contributed by atoms with Gasteiger partial charge in [-0.3, -0.25) is 9.52 Å². The lowest BCUT2D eigenvalue weighted by atomic mass is 9.64. The standard InChI is InChI=1S/C38H53ClN4O5S2/c1-5-7-28-20-31(39)10-12-33(28)30-23-42-22-29-9-13-34(29)38(45,25-50(46,47)43-18-16-41(4)17-19-43)15-6-8-26(2)27(3)37(44)40-49-32-11-14-36(48-24-30)35(42)21-32/h6,10-12,14-15,20-21,26-27,29-30,34,45H,5,7-9,13,16-19,22-25H2,1-4H3,(H,40,44)/b15-6+/t26?,27?,29?,30?,34?,38-/m1/s1. The largest absolute Gasteiger partial charge is 0.491 e. The van der Waals surface area contributed by atoms with Gasteiger partial charge in [0.25, 0.3) is 0 Å². The third-order valence-electron chi connectivity index (χ3n) is 11.5. The number of nitrogens with one attached hydrogen (secondary N) is 1. The van der Waals surface area contributed by atoms with E-state index in [9.17, 15) is 18.3 Å². The molecule has 50 heavy (non-hydrogen) atoms. The molecule has 1 aliphatic carbocycles. The van der Waals surface area contributed by atoms with Gasteiger partial charge in [0.2, 0.25) is 15.9 Å². The highest BCUT2D eigenvalue weighted by molar-refractivity contribution is 7.98. The number of amides is 1. The quantitative estimate of drug-likeness (QED) is 0.276. The second kappa shape index (κ2) is 15.8. The van der Waals surface area contributed by atoms with Crippen molar-refractivity contribution < 1.29 is 23.1 Å². The average Bonchev–Trinajstić information content (AvgIpc) is 3.24. The maximum atomic E-state index is 13.9. The zero-order valence-corrected chi connectivity index (χ0v) is 32.2. The molecule has 5 unspecified atom stereocenters. The fourth-order valence-corrected chi connectivity index (χ4v) is 10.7. The molecule has 2 fully saturated rings. The molecule has 4 aliphatic rings. The van der Waals surface area contributed by atoms with Crippen LogP contribution in [0.5, 0.6) is 5.75 Å². The number of carbonyl (C=O) groups is 1. The lowest BCUT2D eigenvalue weighted by Gasteiger charge is -2.48. The summed E-state index contributed by atoms with van der Waals surface area (Å²) in [6.45, 7) is 10.1. The van der Waals surface area contributed by atoms with Gasteiger partial charge in [-0.2, -0.15) is 4.31 Å². The van der Waals surface area contributed by atoms with Gasteiger partial charge in [-0.25, -0.2) is 8.42 Å². The molecule has 274 valence electrons. The molecule has 12 heteroatoms. The molecule has 3 heterocycles. The summed E-state index contributed by atoms with van der Waals surface area (Å²) in [4.78, 5) is 18.7. The van der Waals surface area contributed by atoms with E-state index in [0.717, 1.165) is 47.0 Å². The number of aliphatic hydroxyl groups is 1. The van der Waals surface area contributed by atoms with Crippen LogP contribution in [-0.2, 0) is 21.2 Å². The number of allylic oxidation sites excluding steroid dienone is 1. The van der Waals surface area contributed by atoms with Gasteiger partial charge in [-0.1, -0.05) is 57.0 Å². The number of nitrogens with zero attached hydrogens (tertiary/aromatic N) is 3. The Morgan fingerprint density at radius 1 is 1.08 bits per heavy atom. The number of sulfonamides is 1. The number of aryl methyl sites for hydroxylation is 1. The summed E-state index contributed by atoms with van der Waals surface area (Å²) in [6, 6.07) is 12.2. The Labute approximate surface area is 307 Å². The van der Waals surface area contributed by atoms with Crippen LogP contribution in [0, 0.1) is 23.7 Å². The third kappa shape index (κ3) is 8.34. The van der Waals surface area contributed by atoms with Gasteiger partial charge in [-0.05, 0) is 104 Å². The Morgan fingerprint density at radius 3 is 2.58 bits per heavy atom. The number of piperazine rings is 1. The van der Waals surface area contributed by atoms with E-state index in [1.807, 2.05) is 45.2 Å². The van der Waals surface area contributed by atoms with E-state index in [0.29, 0.717) is 52.3 Å². The van der Waals surface area contributed by atoms with E-state index >= 15 is 0 Å². The normalized spacial score (nSPS) is 30.7. The highest BCUT2D eigenvalue weighted by atomic mass is 35.5. The van der Waals surface area contributed by atoms with Gasteiger partial charge >= 0.3 is 0 Å². The van der Waals surface area contributed by atoms with E-state index in [-0.39, 0.29) is 41.2 Å². The van der Waals surface area contributed by atoms with E-state index in [1.165, 1.54) is 23.1 Å². The number of fused-ring (bicyclic) bond motifs is 2. The topological polar surface area (TPSA) is 102 Å². The van der Waals surface area contributed by atoms with Gasteiger partial charge in [0.15, 0.2) is 0 Å². The second-order valence-electron chi connectivity index (χ2n) is 15.0. The third-order valence-corrected chi connectivity index (χ3v) is 14.5. The number of hydrogen-bond donors (Lipinski definition) is 2. The van der Waals surface area contributed by atoms with Gasteiger partial charge in [0, 0.05) is 61.0 Å². The molecule has 6 atom stereocenters. The molecular weight excluding hydrogens is 692 g/mol. The van der Waals surface area contributed by atoms with E-state index < -0.39 is 15.6 Å². The van der Waals surface area contributed by atoms with Crippen LogP contribution in [0.25, 0.3) is 0 Å². The van der Waals surface area contributed by atoms with Crippen molar-refractivity contribution in [3.05, 3.63) is 64.7 Å². The maximum Gasteiger partial charge on any atom is 0.233 e. The number of likely N-dealkylation sites (N-methyl/N-ethyl adjacent to an activating group) is 1. The molecule has 1 saturated heterocycles. The van der Waals surface area contributed by atoms with Crippen LogP contribution in [0.2, 0.25) is 5.02 Å². The average molecular weight is 745 g/mol. The molecule has 2 aromatic carbocycles. The molecule has 1 saturated carbocycles. The number of halogens is 1. The summed E-state index contributed by atoms with van der Waals surface area (Å²) in [6.07, 6.45) is 7.78. The van der Waals surface area contributed by atoms with Crippen LogP contribution < -0.4 is 14.4 Å². The summed E-state index contributed by atoms with van der Waals surface area (Å²) in [5.74, 6) is -0.0185. The molecule has 0 radical (unpaired) electrons. The van der Waals surface area contributed by atoms with Crippen molar-refractivity contribution in [2.24, 2.45) is 23.7 Å². The Kier molecular flexibility index (Phi) is 11.8. The molecule has 6 rings (SSSR count). The van der Waals surface area contributed by atoms with E-state index in [4.69, 9.17) is 16.3 Å². The summed E-state index contributed by atoms with van der Waals surface area (Å²) >= 11 is 7.78. The minimum Gasteiger partial charge on any atom is -0.491 e. The van der Waals surface area contributed by atoms with Crippen molar-refractivity contribution >= 4 is 45.2 Å². The van der Waals surface area contributed by atoms with Crippen molar-refractivity contribution in [1.29, 1.82) is 0 Å². The van der Waals surface area contributed by atoms with Crippen molar-refractivity contribution in [3.63, 3.8) is 0 Å². The number of anilines is 1. The minimum atomic E-state index is -3.74. The predicted molar refractivity (Wildman–Crippen MR) is 202 cm³/mol. The summed E-state index contributed by atoms with van der Waals surface area (Å²) < 4.78 is 39.0. The van der Waals surface area contributed by atoms with Gasteiger partial charge in [0.05, 0.1) is 18.0 Å². The highest BCUT2D eigenvalue weighted by Crippen LogP contribution is 2.47. The SMILES string of the molecule is CCCc1cc(Cl)ccc1C1COc2ccc3cc2N(C1)CC1CCC1[C@](O)(CS(=O)(=O)N1CCN(C)CC1)/C=C/CC(C)C(C)C(=O)NS3. The van der Waals surface area contributed by atoms with Crippen molar-refractivity contribution in [2.75, 3.05) is 63.6 Å². The van der Waals surface area contributed by atoms with Crippen LogP contribution in [0.4, 0.5) is 5.69 Å². The fraction of sp³-hybridized carbons (Fsp3) is 0.605. The maximum absolute atomic E-state index is 13.9. The van der Waals surface area contributed by atoms with Crippen molar-refractivity contribution in [1.82, 2.24) is 13.9 Å². The number of carbonyl (C=O) groups excluding carboxylic acids is 1. The van der Waals surface area contributed by atoms with Crippen LogP contribution in [-0.4, -0.2) is 92.9 Å². The molecule has 3 aliphatic heterocycles. The summed E-state index contributed by atoms with van der Waals surface area (Å²) in [5.41, 5.74) is 1.86. The number of hydrogen-bond acceptors (Lipinski definition) is 8. The minimum absolute atomic E-state index is 0.00577. The molecule has 0 spiro atoms. The fourth-order valence-electron chi connectivity index (χ4n) is 7.97. The lowest BCUT2D eigenvalue weighted by molar-refractivity contribution is -0.123. The first kappa shape index (κ1) is 37.5. The number of rotatable bonds is 6. The van der Waals surface area contributed by atoms with E-state index in [1.54, 1.807) is 10.4 Å². The Bertz CT molecular complexity index is 1670. The summed E-state index contributed by atoms with van der Waals surface area (Å²) in [5, 5.41) is 13.3. The van der Waals surface area contributed by atoms with Crippen LogP contribution >= 0.6 is 23.5 Å². The van der Waals surface area contributed by atoms with Gasteiger partial charge in [0.1, 0.15) is 11.4 Å².